The average Bonchev–Trinajstić information content (AvgIpc) is 3.94. The Morgan fingerprint density at radius 1 is 0.345 bits per heavy atom. The summed E-state index contributed by atoms with van der Waals surface area (Å²) in [6.07, 6.45) is 3.89. The Labute approximate surface area is 335 Å². The fourth-order valence-corrected chi connectivity index (χ4v) is 14.5. The van der Waals surface area contributed by atoms with E-state index >= 15 is 0 Å². The van der Waals surface area contributed by atoms with Crippen molar-refractivity contribution < 1.29 is 4.42 Å². The van der Waals surface area contributed by atoms with Crippen molar-refractivity contribution in [3.05, 3.63) is 213 Å². The highest BCUT2D eigenvalue weighted by Crippen LogP contribution is 2.38. The highest BCUT2D eigenvalue weighted by Gasteiger charge is 2.42. The van der Waals surface area contributed by atoms with Crippen molar-refractivity contribution in [1.82, 2.24) is 14.1 Å². The van der Waals surface area contributed by atoms with Crippen molar-refractivity contribution in [1.29, 1.82) is 0 Å². The van der Waals surface area contributed by atoms with E-state index in [-0.39, 0.29) is 0 Å². The molecule has 5 heteroatoms. The van der Waals surface area contributed by atoms with Crippen LogP contribution in [0.1, 0.15) is 0 Å². The predicted octanol–water partition coefficient (Wildman–Crippen LogP) is 10.6. The molecule has 12 aromatic rings. The van der Waals surface area contributed by atoms with E-state index in [9.17, 15) is 0 Å². The summed E-state index contributed by atoms with van der Waals surface area (Å²) in [5.41, 5.74) is 8.65. The molecule has 4 aromatic heterocycles. The summed E-state index contributed by atoms with van der Waals surface area (Å²) >= 11 is 0. The minimum absolute atomic E-state index is 0.906. The first kappa shape index (κ1) is 32.7. The van der Waals surface area contributed by atoms with Crippen LogP contribution in [0, 0.1) is 0 Å². The molecular formula is C53H35N3OSi. The van der Waals surface area contributed by atoms with E-state index in [1.54, 1.807) is 0 Å². The summed E-state index contributed by atoms with van der Waals surface area (Å²) in [6.45, 7) is 0. The zero-order valence-corrected chi connectivity index (χ0v) is 32.5. The van der Waals surface area contributed by atoms with Gasteiger partial charge in [0.05, 0.1) is 28.3 Å². The molecule has 0 N–H and O–H groups in total. The highest BCUT2D eigenvalue weighted by molar-refractivity contribution is 7.20. The summed E-state index contributed by atoms with van der Waals surface area (Å²) in [6, 6.07) is 73.5. The summed E-state index contributed by atoms with van der Waals surface area (Å²) in [5.74, 6) is 0. The van der Waals surface area contributed by atoms with Gasteiger partial charge in [0.1, 0.15) is 11.2 Å². The van der Waals surface area contributed by atoms with Gasteiger partial charge in [-0.15, -0.1) is 0 Å². The van der Waals surface area contributed by atoms with Crippen molar-refractivity contribution >= 4 is 94.4 Å². The van der Waals surface area contributed by atoms with E-state index in [0.29, 0.717) is 0 Å². The van der Waals surface area contributed by atoms with E-state index in [4.69, 9.17) is 4.42 Å². The number of aromatic nitrogens is 3. The second kappa shape index (κ2) is 12.8. The van der Waals surface area contributed by atoms with Crippen LogP contribution in [0.25, 0.3) is 76.9 Å². The Kier molecular flexibility index (Phi) is 7.21. The van der Waals surface area contributed by atoms with E-state index in [0.717, 1.165) is 44.3 Å². The molecule has 0 unspecified atom stereocenters. The summed E-state index contributed by atoms with van der Waals surface area (Å²) < 4.78 is 11.2. The van der Waals surface area contributed by atoms with E-state index in [1.165, 1.54) is 53.3 Å². The first-order chi connectivity index (χ1) is 28.8. The van der Waals surface area contributed by atoms with Gasteiger partial charge < -0.3 is 13.6 Å². The molecule has 0 fully saturated rings. The van der Waals surface area contributed by atoms with Crippen LogP contribution in [0.5, 0.6) is 0 Å². The monoisotopic (exact) mass is 757 g/mol. The molecule has 0 bridgehead atoms. The molecule has 0 aliphatic heterocycles. The SMILES string of the molecule is c1ccc([Si](c2ccccc2)(c2cccc(-n3c4ccccc4c4ccncc43)c2)c2cccc(-n3c4ccccc4c4cc5oc6ccccc6c5cc43)c2)cc1. The number of furan rings is 1. The lowest BCUT2D eigenvalue weighted by molar-refractivity contribution is 0.669. The molecule has 0 amide bonds. The Hall–Kier alpha value is -7.47. The van der Waals surface area contributed by atoms with Gasteiger partial charge in [0.25, 0.3) is 0 Å². The van der Waals surface area contributed by atoms with Crippen molar-refractivity contribution in [2.75, 3.05) is 0 Å². The molecule has 4 nitrogen and oxygen atoms in total. The molecule has 4 heterocycles. The van der Waals surface area contributed by atoms with Crippen LogP contribution in [0.2, 0.25) is 0 Å². The van der Waals surface area contributed by atoms with Crippen molar-refractivity contribution in [2.24, 2.45) is 0 Å². The second-order valence-corrected chi connectivity index (χ2v) is 19.0. The third kappa shape index (κ3) is 4.71. The normalized spacial score (nSPS) is 12.1. The van der Waals surface area contributed by atoms with Crippen LogP contribution in [-0.2, 0) is 0 Å². The number of hydrogen-bond acceptors (Lipinski definition) is 2. The Bertz CT molecular complexity index is 3430. The third-order valence-corrected chi connectivity index (χ3v) is 16.9. The number of rotatable bonds is 6. The van der Waals surface area contributed by atoms with Crippen LogP contribution in [0.15, 0.2) is 217 Å². The molecule has 0 saturated heterocycles. The molecule has 0 saturated carbocycles. The molecule has 0 aliphatic rings. The van der Waals surface area contributed by atoms with Crippen LogP contribution in [0.3, 0.4) is 0 Å². The van der Waals surface area contributed by atoms with E-state index < -0.39 is 8.07 Å². The van der Waals surface area contributed by atoms with E-state index in [1.807, 2.05) is 18.5 Å². The zero-order valence-electron chi connectivity index (χ0n) is 31.5. The maximum Gasteiger partial charge on any atom is 0.179 e. The number of hydrogen-bond donors (Lipinski definition) is 0. The average molecular weight is 758 g/mol. The summed E-state index contributed by atoms with van der Waals surface area (Å²) in [5, 5.41) is 12.3. The van der Waals surface area contributed by atoms with Gasteiger partial charge in [0, 0.05) is 49.9 Å². The predicted molar refractivity (Wildman–Crippen MR) is 244 cm³/mol. The molecule has 8 aromatic carbocycles. The Morgan fingerprint density at radius 3 is 1.52 bits per heavy atom. The Morgan fingerprint density at radius 2 is 0.862 bits per heavy atom. The fraction of sp³-hybridized carbons (Fsp3) is 0. The second-order valence-electron chi connectivity index (χ2n) is 15.1. The number of pyridine rings is 1. The van der Waals surface area contributed by atoms with Gasteiger partial charge in [0.2, 0.25) is 0 Å². The number of benzene rings is 8. The Balaban J connectivity index is 1.15. The number of nitrogens with zero attached hydrogens (tertiary/aromatic N) is 3. The maximum atomic E-state index is 6.41. The molecule has 0 spiro atoms. The standard InChI is InChI=1S/C53H35N3OSi/c1-3-17-38(18-4-1)58(39-19-5-2-6-20-39,41-22-14-16-37(32-41)56-48-26-10-7-23-42(48)44-29-30-54-35-51(44)56)40-21-13-15-36(31-40)55-49-27-11-8-24-43(49)46-34-53-47(33-50(46)55)45-25-9-12-28-52(45)57-53/h1-35H. The summed E-state index contributed by atoms with van der Waals surface area (Å²) in [7, 11) is -2.98. The van der Waals surface area contributed by atoms with Crippen LogP contribution in [0.4, 0.5) is 0 Å². The van der Waals surface area contributed by atoms with Crippen LogP contribution >= 0.6 is 0 Å². The maximum absolute atomic E-state index is 6.41. The lowest BCUT2D eigenvalue weighted by Gasteiger charge is -2.35. The zero-order chi connectivity index (χ0) is 38.2. The molecule has 0 radical (unpaired) electrons. The van der Waals surface area contributed by atoms with Crippen molar-refractivity contribution in [3.8, 4) is 11.4 Å². The van der Waals surface area contributed by atoms with Gasteiger partial charge >= 0.3 is 0 Å². The summed E-state index contributed by atoms with van der Waals surface area (Å²) in [4.78, 5) is 4.59. The number of fused-ring (bicyclic) bond motifs is 9. The van der Waals surface area contributed by atoms with E-state index in [2.05, 4.69) is 208 Å². The molecule has 0 aliphatic carbocycles. The van der Waals surface area contributed by atoms with Gasteiger partial charge in [-0.25, -0.2) is 0 Å². The van der Waals surface area contributed by atoms with Gasteiger partial charge in [0.15, 0.2) is 8.07 Å². The van der Waals surface area contributed by atoms with Crippen LogP contribution < -0.4 is 20.7 Å². The van der Waals surface area contributed by atoms with Gasteiger partial charge in [-0.1, -0.05) is 140 Å². The van der Waals surface area contributed by atoms with Gasteiger partial charge in [-0.05, 0) is 81.4 Å². The minimum atomic E-state index is -2.98. The van der Waals surface area contributed by atoms with Crippen molar-refractivity contribution in [3.63, 3.8) is 0 Å². The fourth-order valence-electron chi connectivity index (χ4n) is 9.69. The van der Waals surface area contributed by atoms with Crippen molar-refractivity contribution in [2.45, 2.75) is 0 Å². The van der Waals surface area contributed by atoms with Crippen LogP contribution in [-0.4, -0.2) is 22.2 Å². The molecule has 272 valence electrons. The third-order valence-electron chi connectivity index (χ3n) is 12.1. The van der Waals surface area contributed by atoms with Gasteiger partial charge in [-0.2, -0.15) is 0 Å². The molecule has 0 atom stereocenters. The molecule has 58 heavy (non-hydrogen) atoms. The topological polar surface area (TPSA) is 35.9 Å². The van der Waals surface area contributed by atoms with Gasteiger partial charge in [-0.3, -0.25) is 4.98 Å². The molecule has 12 rings (SSSR count). The first-order valence-electron chi connectivity index (χ1n) is 19.8. The first-order valence-corrected chi connectivity index (χ1v) is 21.8. The largest absolute Gasteiger partial charge is 0.456 e. The minimum Gasteiger partial charge on any atom is -0.456 e. The smallest absolute Gasteiger partial charge is 0.179 e. The highest BCUT2D eigenvalue weighted by atomic mass is 28.3. The lowest BCUT2D eigenvalue weighted by Crippen LogP contribution is -2.74. The quantitative estimate of drug-likeness (QED) is 0.125. The molecular weight excluding hydrogens is 723 g/mol. The lowest BCUT2D eigenvalue weighted by atomic mass is 10.1. The number of para-hydroxylation sites is 3.